The molecule has 0 radical (unpaired) electrons. The molecule has 92 valence electrons. The number of benzene rings is 1. The molecule has 4 nitrogen and oxygen atoms in total. The fourth-order valence-electron chi connectivity index (χ4n) is 1.38. The Morgan fingerprint density at radius 2 is 1.94 bits per heavy atom. The number of methoxy groups -OCH3 is 1. The quantitative estimate of drug-likeness (QED) is 0.863. The number of halogens is 1. The third-order valence-corrected chi connectivity index (χ3v) is 2.99. The molecule has 1 N–H and O–H groups in total. The third-order valence-electron chi connectivity index (χ3n) is 2.27. The van der Waals surface area contributed by atoms with Gasteiger partial charge in [-0.3, -0.25) is 4.79 Å². The van der Waals surface area contributed by atoms with Crippen LogP contribution < -0.4 is 10.1 Å². The number of anilines is 1. The largest absolute Gasteiger partial charge is 0.481 e. The highest BCUT2D eigenvalue weighted by Crippen LogP contribution is 2.13. The van der Waals surface area contributed by atoms with E-state index in [1.165, 1.54) is 7.11 Å². The summed E-state index contributed by atoms with van der Waals surface area (Å²) >= 11 is 2.21. The van der Waals surface area contributed by atoms with Crippen molar-refractivity contribution in [2.45, 2.75) is 0 Å². The molecule has 0 saturated heterocycles. The second kappa shape index (κ2) is 5.81. The van der Waals surface area contributed by atoms with Gasteiger partial charge in [-0.05, 0) is 52.9 Å². The maximum atomic E-state index is 11.9. The average molecular weight is 354 g/mol. The summed E-state index contributed by atoms with van der Waals surface area (Å²) in [7, 11) is 1.52. The number of nitrogens with one attached hydrogen (secondary N) is 1. The summed E-state index contributed by atoms with van der Waals surface area (Å²) in [6.07, 6.45) is 0. The van der Waals surface area contributed by atoms with Gasteiger partial charge < -0.3 is 10.1 Å². The molecule has 0 aliphatic heterocycles. The Kier molecular flexibility index (Phi) is 4.14. The molecule has 0 atom stereocenters. The number of carbonyl (C=O) groups excluding carboxylic acids is 1. The van der Waals surface area contributed by atoms with Gasteiger partial charge >= 0.3 is 0 Å². The van der Waals surface area contributed by atoms with Crippen molar-refractivity contribution >= 4 is 34.2 Å². The van der Waals surface area contributed by atoms with Crippen molar-refractivity contribution in [2.75, 3.05) is 12.4 Å². The van der Waals surface area contributed by atoms with E-state index in [0.717, 1.165) is 9.26 Å². The van der Waals surface area contributed by atoms with E-state index in [9.17, 15) is 4.79 Å². The van der Waals surface area contributed by atoms with Crippen LogP contribution in [0.25, 0.3) is 0 Å². The van der Waals surface area contributed by atoms with Crippen LogP contribution in [-0.2, 0) is 0 Å². The Morgan fingerprint density at radius 3 is 2.61 bits per heavy atom. The van der Waals surface area contributed by atoms with Crippen molar-refractivity contribution in [3.63, 3.8) is 0 Å². The standard InChI is InChI=1S/C13H11IN2O2/c1-18-12-4-2-3-11(16-12)13(17)15-10-7-5-9(14)6-8-10/h2-8H,1H3,(H,15,17). The molecule has 2 rings (SSSR count). The van der Waals surface area contributed by atoms with Gasteiger partial charge in [-0.15, -0.1) is 0 Å². The molecular weight excluding hydrogens is 343 g/mol. The van der Waals surface area contributed by atoms with Crippen molar-refractivity contribution in [1.82, 2.24) is 4.98 Å². The van der Waals surface area contributed by atoms with Gasteiger partial charge in [0.05, 0.1) is 7.11 Å². The number of ether oxygens (including phenoxy) is 1. The van der Waals surface area contributed by atoms with E-state index in [4.69, 9.17) is 4.74 Å². The second-order valence-electron chi connectivity index (χ2n) is 3.53. The molecule has 0 unspecified atom stereocenters. The lowest BCUT2D eigenvalue weighted by molar-refractivity contribution is 0.102. The number of rotatable bonds is 3. The highest BCUT2D eigenvalue weighted by Gasteiger charge is 2.08. The normalized spacial score (nSPS) is 9.89. The van der Waals surface area contributed by atoms with E-state index in [1.807, 2.05) is 24.3 Å². The minimum atomic E-state index is -0.255. The first-order valence-electron chi connectivity index (χ1n) is 5.27. The van der Waals surface area contributed by atoms with Crippen LogP contribution in [0, 0.1) is 3.57 Å². The lowest BCUT2D eigenvalue weighted by Gasteiger charge is -2.05. The number of amides is 1. The van der Waals surface area contributed by atoms with Gasteiger partial charge in [0.2, 0.25) is 5.88 Å². The Morgan fingerprint density at radius 1 is 1.22 bits per heavy atom. The van der Waals surface area contributed by atoms with E-state index in [1.54, 1.807) is 18.2 Å². The summed E-state index contributed by atoms with van der Waals surface area (Å²) in [5.74, 6) is 0.167. The van der Waals surface area contributed by atoms with E-state index in [-0.39, 0.29) is 5.91 Å². The molecule has 0 fully saturated rings. The third kappa shape index (κ3) is 3.19. The molecule has 0 spiro atoms. The van der Waals surface area contributed by atoms with Gasteiger partial charge in [-0.1, -0.05) is 6.07 Å². The molecule has 1 amide bonds. The van der Waals surface area contributed by atoms with Crippen molar-refractivity contribution in [3.05, 3.63) is 51.7 Å². The van der Waals surface area contributed by atoms with Gasteiger partial charge in [0, 0.05) is 15.3 Å². The fraction of sp³-hybridized carbons (Fsp3) is 0.0769. The first-order valence-corrected chi connectivity index (χ1v) is 6.35. The second-order valence-corrected chi connectivity index (χ2v) is 4.77. The van der Waals surface area contributed by atoms with Gasteiger partial charge in [0.15, 0.2) is 0 Å². The summed E-state index contributed by atoms with van der Waals surface area (Å²) in [6, 6.07) is 12.6. The zero-order valence-electron chi connectivity index (χ0n) is 9.68. The van der Waals surface area contributed by atoms with Crippen LogP contribution in [0.3, 0.4) is 0 Å². The minimum absolute atomic E-state index is 0.255. The lowest BCUT2D eigenvalue weighted by atomic mass is 10.3. The van der Waals surface area contributed by atoms with Crippen molar-refractivity contribution < 1.29 is 9.53 Å². The predicted molar refractivity (Wildman–Crippen MR) is 77.9 cm³/mol. The SMILES string of the molecule is COc1cccc(C(=O)Nc2ccc(I)cc2)n1. The molecule has 2 aromatic rings. The van der Waals surface area contributed by atoms with Crippen LogP contribution >= 0.6 is 22.6 Å². The molecule has 1 aromatic heterocycles. The highest BCUT2D eigenvalue weighted by molar-refractivity contribution is 14.1. The first-order chi connectivity index (χ1) is 8.69. The Balaban J connectivity index is 2.14. The molecule has 0 aliphatic carbocycles. The maximum absolute atomic E-state index is 11.9. The number of carbonyl (C=O) groups is 1. The molecular formula is C13H11IN2O2. The van der Waals surface area contributed by atoms with Crippen LogP contribution in [0.2, 0.25) is 0 Å². The zero-order chi connectivity index (χ0) is 13.0. The van der Waals surface area contributed by atoms with E-state index < -0.39 is 0 Å². The van der Waals surface area contributed by atoms with Crippen LogP contribution in [0.15, 0.2) is 42.5 Å². The monoisotopic (exact) mass is 354 g/mol. The summed E-state index contributed by atoms with van der Waals surface area (Å²) in [5, 5.41) is 2.78. The van der Waals surface area contributed by atoms with E-state index >= 15 is 0 Å². The first kappa shape index (κ1) is 12.8. The summed E-state index contributed by atoms with van der Waals surface area (Å²) < 4.78 is 6.09. The van der Waals surface area contributed by atoms with Gasteiger partial charge in [0.25, 0.3) is 5.91 Å². The molecule has 1 heterocycles. The average Bonchev–Trinajstić information content (AvgIpc) is 2.41. The maximum Gasteiger partial charge on any atom is 0.274 e. The van der Waals surface area contributed by atoms with Crippen molar-refractivity contribution in [1.29, 1.82) is 0 Å². The number of pyridine rings is 1. The minimum Gasteiger partial charge on any atom is -0.481 e. The molecule has 18 heavy (non-hydrogen) atoms. The Bertz CT molecular complexity index is 555. The number of hydrogen-bond acceptors (Lipinski definition) is 3. The van der Waals surface area contributed by atoms with E-state index in [0.29, 0.717) is 11.6 Å². The Hall–Kier alpha value is -1.63. The molecule has 0 saturated carbocycles. The highest BCUT2D eigenvalue weighted by atomic mass is 127. The van der Waals surface area contributed by atoms with Gasteiger partial charge in [-0.25, -0.2) is 4.98 Å². The number of hydrogen-bond donors (Lipinski definition) is 1. The van der Waals surface area contributed by atoms with E-state index in [2.05, 4.69) is 32.9 Å². The van der Waals surface area contributed by atoms with Gasteiger partial charge in [-0.2, -0.15) is 0 Å². The number of nitrogens with zero attached hydrogens (tertiary/aromatic N) is 1. The Labute approximate surface area is 119 Å². The fourth-order valence-corrected chi connectivity index (χ4v) is 1.74. The molecule has 5 heteroatoms. The predicted octanol–water partition coefficient (Wildman–Crippen LogP) is 2.95. The van der Waals surface area contributed by atoms with Crippen LogP contribution in [-0.4, -0.2) is 18.0 Å². The smallest absolute Gasteiger partial charge is 0.274 e. The van der Waals surface area contributed by atoms with Crippen LogP contribution in [0.5, 0.6) is 5.88 Å². The molecule has 0 aliphatic rings. The zero-order valence-corrected chi connectivity index (χ0v) is 11.8. The lowest BCUT2D eigenvalue weighted by Crippen LogP contribution is -2.13. The van der Waals surface area contributed by atoms with Crippen molar-refractivity contribution in [2.24, 2.45) is 0 Å². The number of aromatic nitrogens is 1. The van der Waals surface area contributed by atoms with Crippen LogP contribution in [0.1, 0.15) is 10.5 Å². The van der Waals surface area contributed by atoms with Crippen molar-refractivity contribution in [3.8, 4) is 5.88 Å². The summed E-state index contributed by atoms with van der Waals surface area (Å²) in [5.41, 5.74) is 1.07. The van der Waals surface area contributed by atoms with Crippen LogP contribution in [0.4, 0.5) is 5.69 Å². The topological polar surface area (TPSA) is 51.2 Å². The summed E-state index contributed by atoms with van der Waals surface area (Å²) in [6.45, 7) is 0. The molecule has 1 aromatic carbocycles. The summed E-state index contributed by atoms with van der Waals surface area (Å²) in [4.78, 5) is 16.0. The molecule has 0 bridgehead atoms. The van der Waals surface area contributed by atoms with Gasteiger partial charge in [0.1, 0.15) is 5.69 Å².